The van der Waals surface area contributed by atoms with Crippen LogP contribution >= 0.6 is 0 Å². The lowest BCUT2D eigenvalue weighted by atomic mass is 10.2. The molecule has 1 fully saturated rings. The highest BCUT2D eigenvalue weighted by Crippen LogP contribution is 2.21. The number of rotatable bonds is 6. The molecule has 0 spiro atoms. The third-order valence-corrected chi connectivity index (χ3v) is 7.40. The van der Waals surface area contributed by atoms with Crippen LogP contribution in [-0.2, 0) is 16.4 Å². The summed E-state index contributed by atoms with van der Waals surface area (Å²) in [6, 6.07) is 8.94. The molecule has 3 heterocycles. The third kappa shape index (κ3) is 4.88. The van der Waals surface area contributed by atoms with Crippen molar-refractivity contribution in [3.8, 4) is 5.95 Å². The molecule has 0 aliphatic carbocycles. The Bertz CT molecular complexity index is 1320. The molecule has 10 nitrogen and oxygen atoms in total. The Morgan fingerprint density at radius 3 is 2.48 bits per heavy atom. The number of hydrogen-bond donors (Lipinski definition) is 2. The van der Waals surface area contributed by atoms with Crippen molar-refractivity contribution < 1.29 is 13.2 Å². The average Bonchev–Trinajstić information content (AvgIpc) is 3.19. The third-order valence-electron chi connectivity index (χ3n) is 5.49. The van der Waals surface area contributed by atoms with Crippen LogP contribution in [0.15, 0.2) is 46.1 Å². The normalized spacial score (nSPS) is 14.8. The van der Waals surface area contributed by atoms with E-state index < -0.39 is 15.9 Å². The number of nitrogens with one attached hydrogen (secondary N) is 2. The first-order valence-corrected chi connectivity index (χ1v) is 12.3. The monoisotopic (exact) mass is 470 g/mol. The molecule has 0 radical (unpaired) electrons. The molecule has 33 heavy (non-hydrogen) atoms. The predicted molar refractivity (Wildman–Crippen MR) is 123 cm³/mol. The predicted octanol–water partition coefficient (Wildman–Crippen LogP) is 2.25. The molecule has 1 aromatic carbocycles. The summed E-state index contributed by atoms with van der Waals surface area (Å²) in [4.78, 5) is 32.0. The molecule has 1 aliphatic rings. The first kappa shape index (κ1) is 22.9. The van der Waals surface area contributed by atoms with E-state index in [0.717, 1.165) is 19.3 Å². The number of nitrogens with zero attached hydrogens (tertiary/aromatic N) is 4. The maximum atomic E-state index is 12.9. The molecule has 1 amide bonds. The standard InChI is InChI=1S/C22H26N6O4S/c1-3-17-14-20(29)25-22(23-17)28-19(13-15(2)26-28)24-21(30)16-7-9-18(10-8-16)33(31,32)27-11-5-4-6-12-27/h7-10,13-14H,3-6,11-12H2,1-2H3,(H,24,30)(H,23,25,29). The van der Waals surface area contributed by atoms with Gasteiger partial charge in [0.1, 0.15) is 5.82 Å². The minimum atomic E-state index is -3.57. The van der Waals surface area contributed by atoms with E-state index in [-0.39, 0.29) is 16.4 Å². The lowest BCUT2D eigenvalue weighted by molar-refractivity contribution is 0.102. The summed E-state index contributed by atoms with van der Waals surface area (Å²) in [5, 5.41) is 7.09. The lowest BCUT2D eigenvalue weighted by Crippen LogP contribution is -2.35. The SMILES string of the molecule is CCc1cc(=O)[nH]c(-n2nc(C)cc2NC(=O)c2ccc(S(=O)(=O)N3CCCCC3)cc2)n1. The van der Waals surface area contributed by atoms with Crippen LogP contribution in [0.2, 0.25) is 0 Å². The van der Waals surface area contributed by atoms with Crippen molar-refractivity contribution in [2.24, 2.45) is 0 Å². The van der Waals surface area contributed by atoms with E-state index in [1.165, 1.54) is 39.3 Å². The summed E-state index contributed by atoms with van der Waals surface area (Å²) in [6.07, 6.45) is 3.32. The van der Waals surface area contributed by atoms with E-state index in [2.05, 4.69) is 20.4 Å². The number of hydrogen-bond acceptors (Lipinski definition) is 6. The molecular weight excluding hydrogens is 444 g/mol. The Balaban J connectivity index is 1.56. The molecule has 2 aromatic heterocycles. The van der Waals surface area contributed by atoms with Crippen molar-refractivity contribution in [1.82, 2.24) is 24.1 Å². The van der Waals surface area contributed by atoms with Crippen LogP contribution in [-0.4, -0.2) is 51.5 Å². The van der Waals surface area contributed by atoms with Crippen molar-refractivity contribution in [2.45, 2.75) is 44.4 Å². The summed E-state index contributed by atoms with van der Waals surface area (Å²) in [6.45, 7) is 4.68. The summed E-state index contributed by atoms with van der Waals surface area (Å²) < 4.78 is 28.5. The highest BCUT2D eigenvalue weighted by atomic mass is 32.2. The smallest absolute Gasteiger partial charge is 0.256 e. The van der Waals surface area contributed by atoms with E-state index in [1.54, 1.807) is 13.0 Å². The summed E-state index contributed by atoms with van der Waals surface area (Å²) in [5.41, 5.74) is 1.21. The zero-order valence-electron chi connectivity index (χ0n) is 18.5. The van der Waals surface area contributed by atoms with Gasteiger partial charge in [-0.2, -0.15) is 14.1 Å². The second-order valence-electron chi connectivity index (χ2n) is 7.94. The van der Waals surface area contributed by atoms with E-state index in [0.29, 0.717) is 42.3 Å². The van der Waals surface area contributed by atoms with Gasteiger partial charge in [-0.25, -0.2) is 13.4 Å². The molecule has 0 saturated carbocycles. The number of H-pyrrole nitrogens is 1. The zero-order chi connectivity index (χ0) is 23.6. The van der Waals surface area contributed by atoms with E-state index in [4.69, 9.17) is 0 Å². The van der Waals surface area contributed by atoms with Crippen LogP contribution in [0.25, 0.3) is 5.95 Å². The van der Waals surface area contributed by atoms with Crippen LogP contribution in [0.3, 0.4) is 0 Å². The molecule has 11 heteroatoms. The van der Waals surface area contributed by atoms with Gasteiger partial charge in [-0.05, 0) is 50.5 Å². The summed E-state index contributed by atoms with van der Waals surface area (Å²) in [5.74, 6) is 0.0942. The molecular formula is C22H26N6O4S. The number of carbonyl (C=O) groups excluding carboxylic acids is 1. The first-order chi connectivity index (χ1) is 15.8. The Labute approximate surface area is 191 Å². The summed E-state index contributed by atoms with van der Waals surface area (Å²) in [7, 11) is -3.57. The molecule has 3 aromatic rings. The Morgan fingerprint density at radius 2 is 1.82 bits per heavy atom. The molecule has 0 atom stereocenters. The van der Waals surface area contributed by atoms with Gasteiger partial charge in [-0.1, -0.05) is 13.3 Å². The number of amides is 1. The van der Waals surface area contributed by atoms with Gasteiger partial charge >= 0.3 is 0 Å². The van der Waals surface area contributed by atoms with Crippen molar-refractivity contribution in [3.63, 3.8) is 0 Å². The van der Waals surface area contributed by atoms with E-state index in [1.807, 2.05) is 6.92 Å². The first-order valence-electron chi connectivity index (χ1n) is 10.9. The maximum Gasteiger partial charge on any atom is 0.256 e. The van der Waals surface area contributed by atoms with Crippen LogP contribution in [0.1, 0.15) is 47.9 Å². The highest BCUT2D eigenvalue weighted by Gasteiger charge is 2.26. The number of benzene rings is 1. The number of carbonyl (C=O) groups is 1. The van der Waals surface area contributed by atoms with Crippen LogP contribution < -0.4 is 10.9 Å². The fourth-order valence-corrected chi connectivity index (χ4v) is 5.26. The van der Waals surface area contributed by atoms with Gasteiger partial charge in [0.2, 0.25) is 16.0 Å². The minimum Gasteiger partial charge on any atom is -0.306 e. The van der Waals surface area contributed by atoms with Crippen LogP contribution in [0.5, 0.6) is 0 Å². The number of piperidine rings is 1. The molecule has 0 bridgehead atoms. The number of aryl methyl sites for hydroxylation is 2. The molecule has 1 aliphatic heterocycles. The Hall–Kier alpha value is -3.31. The van der Waals surface area contributed by atoms with Crippen LogP contribution in [0, 0.1) is 6.92 Å². The second-order valence-corrected chi connectivity index (χ2v) is 9.88. The van der Waals surface area contributed by atoms with Gasteiger partial charge in [0.25, 0.3) is 11.5 Å². The molecule has 1 saturated heterocycles. The minimum absolute atomic E-state index is 0.167. The molecule has 2 N–H and O–H groups in total. The van der Waals surface area contributed by atoms with Gasteiger partial charge in [0, 0.05) is 36.5 Å². The largest absolute Gasteiger partial charge is 0.306 e. The van der Waals surface area contributed by atoms with Crippen LogP contribution in [0.4, 0.5) is 5.82 Å². The van der Waals surface area contributed by atoms with Crippen molar-refractivity contribution >= 4 is 21.7 Å². The molecule has 174 valence electrons. The number of aromatic nitrogens is 4. The zero-order valence-corrected chi connectivity index (χ0v) is 19.4. The van der Waals surface area contributed by atoms with Gasteiger partial charge in [0.15, 0.2) is 0 Å². The Morgan fingerprint density at radius 1 is 1.12 bits per heavy atom. The van der Waals surface area contributed by atoms with E-state index in [9.17, 15) is 18.0 Å². The quantitative estimate of drug-likeness (QED) is 0.568. The van der Waals surface area contributed by atoms with Gasteiger partial charge in [-0.3, -0.25) is 14.6 Å². The Kier molecular flexibility index (Phi) is 6.43. The molecule has 4 rings (SSSR count). The highest BCUT2D eigenvalue weighted by molar-refractivity contribution is 7.89. The maximum absolute atomic E-state index is 12.9. The van der Waals surface area contributed by atoms with E-state index >= 15 is 0 Å². The van der Waals surface area contributed by atoms with Crippen molar-refractivity contribution in [2.75, 3.05) is 18.4 Å². The molecule has 0 unspecified atom stereocenters. The number of anilines is 1. The fraction of sp³-hybridized carbons (Fsp3) is 0.364. The fourth-order valence-electron chi connectivity index (χ4n) is 3.75. The van der Waals surface area contributed by atoms with Crippen molar-refractivity contribution in [1.29, 1.82) is 0 Å². The lowest BCUT2D eigenvalue weighted by Gasteiger charge is -2.25. The van der Waals surface area contributed by atoms with Gasteiger partial charge in [-0.15, -0.1) is 0 Å². The number of aromatic amines is 1. The topological polar surface area (TPSA) is 130 Å². The number of sulfonamides is 1. The average molecular weight is 471 g/mol. The van der Waals surface area contributed by atoms with Gasteiger partial charge < -0.3 is 5.32 Å². The summed E-state index contributed by atoms with van der Waals surface area (Å²) >= 11 is 0. The van der Waals surface area contributed by atoms with Crippen molar-refractivity contribution in [3.05, 3.63) is 63.7 Å². The van der Waals surface area contributed by atoms with Gasteiger partial charge in [0.05, 0.1) is 10.6 Å². The second kappa shape index (κ2) is 9.28.